The number of halogens is 1. The van der Waals surface area contributed by atoms with E-state index in [4.69, 9.17) is 28.0 Å². The Bertz CT molecular complexity index is 1590. The molecule has 1 aromatic heterocycles. The first-order valence-electron chi connectivity index (χ1n) is 15.4. The summed E-state index contributed by atoms with van der Waals surface area (Å²) in [7, 11) is -3.23. The molecular weight excluding hydrogens is 674 g/mol. The predicted molar refractivity (Wildman–Crippen MR) is 170 cm³/mol. The number of aliphatic hydroxyl groups excluding tert-OH is 2. The predicted octanol–water partition coefficient (Wildman–Crippen LogP) is 1.17. The Morgan fingerprint density at radius 2 is 1.76 bits per heavy atom. The van der Waals surface area contributed by atoms with Gasteiger partial charge < -0.3 is 33.7 Å². The molecule has 0 spiro atoms. The summed E-state index contributed by atoms with van der Waals surface area (Å²) in [5.41, 5.74) is -4.72. The number of nitrogens with one attached hydrogen (secondary N) is 2. The summed E-state index contributed by atoms with van der Waals surface area (Å²) in [5.74, 6) is -1.98. The fourth-order valence-corrected chi connectivity index (χ4v) is 6.16. The van der Waals surface area contributed by atoms with Crippen molar-refractivity contribution in [3.05, 3.63) is 63.4 Å². The third-order valence-electron chi connectivity index (χ3n) is 7.30. The Kier molecular flexibility index (Phi) is 13.8. The van der Waals surface area contributed by atoms with Crippen molar-refractivity contribution in [2.75, 3.05) is 13.7 Å². The van der Waals surface area contributed by atoms with Gasteiger partial charge in [0.15, 0.2) is 18.6 Å². The van der Waals surface area contributed by atoms with Crippen molar-refractivity contribution < 1.29 is 56.8 Å². The highest BCUT2D eigenvalue weighted by Crippen LogP contribution is 2.47. The molecule has 19 heteroatoms. The maximum absolute atomic E-state index is 16.1. The van der Waals surface area contributed by atoms with Crippen molar-refractivity contribution in [2.45, 2.75) is 97.0 Å². The maximum atomic E-state index is 16.1. The number of carbonyl (C=O) groups excluding carboxylic acids is 2. The van der Waals surface area contributed by atoms with Crippen LogP contribution in [0, 0.1) is 5.92 Å². The summed E-state index contributed by atoms with van der Waals surface area (Å²) < 4.78 is 62.9. The molecule has 1 aromatic carbocycles. The van der Waals surface area contributed by atoms with Gasteiger partial charge in [0.2, 0.25) is 6.41 Å². The number of nitrogens with zero attached hydrogens (tertiary/aromatic N) is 2. The zero-order chi connectivity index (χ0) is 36.7. The van der Waals surface area contributed by atoms with Crippen LogP contribution in [0.4, 0.5) is 4.39 Å². The Morgan fingerprint density at radius 3 is 2.35 bits per heavy atom. The number of methoxy groups -OCH3 is 1. The van der Waals surface area contributed by atoms with Crippen LogP contribution in [-0.4, -0.2) is 87.5 Å². The molecule has 4 N–H and O–H groups in total. The summed E-state index contributed by atoms with van der Waals surface area (Å²) in [4.78, 5) is 51.1. The molecule has 1 fully saturated rings. The molecule has 2 aromatic rings. The summed E-state index contributed by atoms with van der Waals surface area (Å²) in [6, 6.07) is 6.47. The minimum absolute atomic E-state index is 0.101. The molecule has 0 aliphatic carbocycles. The van der Waals surface area contributed by atoms with Gasteiger partial charge >= 0.3 is 25.4 Å². The van der Waals surface area contributed by atoms with E-state index in [0.29, 0.717) is 9.13 Å². The zero-order valence-electron chi connectivity index (χ0n) is 28.2. The van der Waals surface area contributed by atoms with Crippen molar-refractivity contribution in [3.63, 3.8) is 0 Å². The van der Waals surface area contributed by atoms with Crippen LogP contribution in [-0.2, 0) is 44.4 Å². The number of carbonyl (C=O) groups is 2. The van der Waals surface area contributed by atoms with Crippen LogP contribution in [0.15, 0.2) is 52.2 Å². The lowest BCUT2D eigenvalue weighted by molar-refractivity contribution is -0.159. The van der Waals surface area contributed by atoms with Crippen LogP contribution in [0.1, 0.15) is 47.8 Å². The van der Waals surface area contributed by atoms with Crippen LogP contribution in [0.25, 0.3) is 0 Å². The molecule has 4 unspecified atom stereocenters. The molecule has 49 heavy (non-hydrogen) atoms. The standard InChI is InChI=1S/C30H44FN4O13P/c1-17(2)23(32-28(40)43-7)26(39)44-16-35-22(36)13-14-34(29(35)41)27-30(6,31)24(37)21(47-27)15-45-49(42,48-20-11-9-8-10-12-20)33-19(5)25(38)46-18(3)4/h8-14,17-19,21,23-24,27-28,32,37,40H,15-16H2,1-7H3,(H,33,42)/t19?,21-,23?,24-,27-,28?,30-,49?/m1/s1. The molecule has 0 amide bonds. The SMILES string of the molecule is COC(O)NC(C(=O)OCn1c(=O)ccn([C@@H]2O[C@H](COP(=O)(NC(C)C(=O)OC(C)C)Oc3ccccc3)[C@@H](O)[C@@]2(C)F)c1=O)C(C)C. The summed E-state index contributed by atoms with van der Waals surface area (Å²) >= 11 is 0. The number of para-hydroxylation sites is 1. The van der Waals surface area contributed by atoms with Gasteiger partial charge in [0.25, 0.3) is 5.56 Å². The second kappa shape index (κ2) is 17.0. The van der Waals surface area contributed by atoms with Crippen LogP contribution in [0.5, 0.6) is 5.75 Å². The van der Waals surface area contributed by atoms with E-state index in [1.165, 1.54) is 26.2 Å². The van der Waals surface area contributed by atoms with Gasteiger partial charge in [-0.25, -0.2) is 18.3 Å². The van der Waals surface area contributed by atoms with Gasteiger partial charge in [-0.2, -0.15) is 5.09 Å². The second-order valence-electron chi connectivity index (χ2n) is 12.0. The lowest BCUT2D eigenvalue weighted by Crippen LogP contribution is -2.49. The van der Waals surface area contributed by atoms with Gasteiger partial charge in [0.05, 0.1) is 12.7 Å². The number of hydrogen-bond acceptors (Lipinski definition) is 14. The van der Waals surface area contributed by atoms with Crippen molar-refractivity contribution in [1.82, 2.24) is 19.5 Å². The van der Waals surface area contributed by atoms with Gasteiger partial charge in [0.1, 0.15) is 30.0 Å². The molecule has 3 rings (SSSR count). The molecule has 0 saturated carbocycles. The summed E-state index contributed by atoms with van der Waals surface area (Å²) in [5, 5.41) is 25.6. The van der Waals surface area contributed by atoms with E-state index in [1.807, 2.05) is 0 Å². The van der Waals surface area contributed by atoms with Crippen LogP contribution in [0.3, 0.4) is 0 Å². The number of esters is 2. The number of alkyl halides is 1. The van der Waals surface area contributed by atoms with E-state index in [2.05, 4.69) is 10.4 Å². The normalized spacial score (nSPS) is 23.9. The minimum atomic E-state index is -4.43. The summed E-state index contributed by atoms with van der Waals surface area (Å²) in [6.07, 6.45) is -6.36. The molecule has 17 nitrogen and oxygen atoms in total. The Balaban J connectivity index is 1.82. The number of aromatic nitrogens is 2. The lowest BCUT2D eigenvalue weighted by atomic mass is 9.98. The fraction of sp³-hybridized carbons (Fsp3) is 0.600. The largest absolute Gasteiger partial charge is 0.462 e. The van der Waals surface area contributed by atoms with E-state index >= 15 is 4.39 Å². The number of aliphatic hydroxyl groups is 2. The molecule has 1 aliphatic heterocycles. The Morgan fingerprint density at radius 1 is 1.10 bits per heavy atom. The van der Waals surface area contributed by atoms with Crippen LogP contribution >= 0.6 is 7.75 Å². The van der Waals surface area contributed by atoms with Gasteiger partial charge in [-0.3, -0.25) is 28.8 Å². The highest BCUT2D eigenvalue weighted by Gasteiger charge is 2.56. The van der Waals surface area contributed by atoms with Crippen LogP contribution in [0.2, 0.25) is 0 Å². The quantitative estimate of drug-likeness (QED) is 0.103. The van der Waals surface area contributed by atoms with Crippen molar-refractivity contribution in [2.24, 2.45) is 5.92 Å². The smallest absolute Gasteiger partial charge is 0.459 e. The van der Waals surface area contributed by atoms with Crippen LogP contribution < -0.4 is 26.2 Å². The topological polar surface area (TPSA) is 215 Å². The fourth-order valence-electron chi connectivity index (χ4n) is 4.66. The van der Waals surface area contributed by atoms with Gasteiger partial charge in [0, 0.05) is 19.4 Å². The van der Waals surface area contributed by atoms with Gasteiger partial charge in [-0.05, 0) is 45.7 Å². The highest BCUT2D eigenvalue weighted by atomic mass is 31.2. The molecular formula is C30H44FN4O13P. The number of ether oxygens (including phenoxy) is 4. The lowest BCUT2D eigenvalue weighted by Gasteiger charge is -2.26. The van der Waals surface area contributed by atoms with E-state index in [9.17, 15) is 34.0 Å². The average Bonchev–Trinajstić information content (AvgIpc) is 3.25. The summed E-state index contributed by atoms with van der Waals surface area (Å²) in [6.45, 7) is 7.26. The highest BCUT2D eigenvalue weighted by molar-refractivity contribution is 7.52. The molecule has 1 saturated heterocycles. The monoisotopic (exact) mass is 718 g/mol. The molecule has 0 bridgehead atoms. The first-order chi connectivity index (χ1) is 22.9. The van der Waals surface area contributed by atoms with Crippen molar-refractivity contribution in [1.29, 1.82) is 0 Å². The van der Waals surface area contributed by atoms with Gasteiger partial charge in [-0.15, -0.1) is 0 Å². The van der Waals surface area contributed by atoms with E-state index in [-0.39, 0.29) is 5.75 Å². The number of rotatable bonds is 17. The first kappa shape index (κ1) is 40.0. The molecule has 274 valence electrons. The third kappa shape index (κ3) is 10.3. The maximum Gasteiger partial charge on any atom is 0.459 e. The Hall–Kier alpha value is -3.48. The van der Waals surface area contributed by atoms with E-state index in [1.54, 1.807) is 45.9 Å². The third-order valence-corrected chi connectivity index (χ3v) is 8.95. The van der Waals surface area contributed by atoms with E-state index < -0.39 is 98.9 Å². The van der Waals surface area contributed by atoms with Crippen molar-refractivity contribution in [3.8, 4) is 5.75 Å². The van der Waals surface area contributed by atoms with Gasteiger partial charge in [-0.1, -0.05) is 32.0 Å². The minimum Gasteiger partial charge on any atom is -0.462 e. The number of hydrogen-bond donors (Lipinski definition) is 4. The number of benzene rings is 1. The van der Waals surface area contributed by atoms with E-state index in [0.717, 1.165) is 19.2 Å². The second-order valence-corrected chi connectivity index (χ2v) is 13.7. The Labute approximate surface area is 281 Å². The zero-order valence-corrected chi connectivity index (χ0v) is 29.1. The molecule has 2 heterocycles. The molecule has 8 atom stereocenters. The average molecular weight is 719 g/mol. The van der Waals surface area contributed by atoms with Crippen molar-refractivity contribution >= 4 is 19.7 Å². The first-order valence-corrected chi connectivity index (χ1v) is 16.9. The molecule has 1 aliphatic rings. The molecule has 0 radical (unpaired) electrons.